The van der Waals surface area contributed by atoms with E-state index in [2.05, 4.69) is 5.32 Å². The second-order valence-electron chi connectivity index (χ2n) is 5.67. The Bertz CT molecular complexity index is 362. The van der Waals surface area contributed by atoms with E-state index in [0.29, 0.717) is 5.88 Å². The molecule has 0 bridgehead atoms. The Morgan fingerprint density at radius 3 is 2.52 bits per heavy atom. The minimum Gasteiger partial charge on any atom is -0.341 e. The molecule has 122 valence electrons. The van der Waals surface area contributed by atoms with Crippen LogP contribution in [0.15, 0.2) is 0 Å². The van der Waals surface area contributed by atoms with Crippen LogP contribution in [-0.4, -0.2) is 66.0 Å². The molecule has 7 heteroatoms. The zero-order valence-electron chi connectivity index (χ0n) is 12.8. The summed E-state index contributed by atoms with van der Waals surface area (Å²) in [5.41, 5.74) is 0. The van der Waals surface area contributed by atoms with Gasteiger partial charge >= 0.3 is 0 Å². The SMILES string of the molecule is CNCCC1CCN(C(=O)C2CSCN2C(C)=O)CC1.Cl. The van der Waals surface area contributed by atoms with Gasteiger partial charge in [0.1, 0.15) is 6.04 Å². The first-order chi connectivity index (χ1) is 9.63. The number of amides is 2. The Labute approximate surface area is 137 Å². The summed E-state index contributed by atoms with van der Waals surface area (Å²) >= 11 is 1.67. The van der Waals surface area contributed by atoms with Crippen molar-refractivity contribution in [1.29, 1.82) is 0 Å². The number of carbonyl (C=O) groups is 2. The van der Waals surface area contributed by atoms with Gasteiger partial charge in [-0.15, -0.1) is 24.2 Å². The summed E-state index contributed by atoms with van der Waals surface area (Å²) in [5, 5.41) is 3.18. The number of rotatable bonds is 4. The number of hydrogen-bond donors (Lipinski definition) is 1. The molecule has 1 unspecified atom stereocenters. The number of thioether (sulfide) groups is 1. The fraction of sp³-hybridized carbons (Fsp3) is 0.857. The minimum atomic E-state index is -0.230. The molecule has 1 N–H and O–H groups in total. The Kier molecular flexibility index (Phi) is 7.84. The van der Waals surface area contributed by atoms with Crippen LogP contribution in [0, 0.1) is 5.92 Å². The maximum absolute atomic E-state index is 12.5. The van der Waals surface area contributed by atoms with Gasteiger partial charge < -0.3 is 15.1 Å². The highest BCUT2D eigenvalue weighted by atomic mass is 35.5. The van der Waals surface area contributed by atoms with Gasteiger partial charge in [0.25, 0.3) is 0 Å². The van der Waals surface area contributed by atoms with Crippen molar-refractivity contribution in [2.45, 2.75) is 32.2 Å². The van der Waals surface area contributed by atoms with Gasteiger partial charge in [0, 0.05) is 25.8 Å². The smallest absolute Gasteiger partial charge is 0.246 e. The molecule has 0 aliphatic carbocycles. The van der Waals surface area contributed by atoms with Crippen LogP contribution < -0.4 is 5.32 Å². The zero-order chi connectivity index (χ0) is 14.5. The highest BCUT2D eigenvalue weighted by molar-refractivity contribution is 7.99. The maximum Gasteiger partial charge on any atom is 0.246 e. The van der Waals surface area contributed by atoms with Crippen molar-refractivity contribution < 1.29 is 9.59 Å². The molecule has 1 atom stereocenters. The number of halogens is 1. The van der Waals surface area contributed by atoms with Crippen LogP contribution in [0.2, 0.25) is 0 Å². The van der Waals surface area contributed by atoms with E-state index in [-0.39, 0.29) is 30.3 Å². The van der Waals surface area contributed by atoms with E-state index in [9.17, 15) is 9.59 Å². The van der Waals surface area contributed by atoms with E-state index in [1.165, 1.54) is 6.42 Å². The topological polar surface area (TPSA) is 52.7 Å². The van der Waals surface area contributed by atoms with Gasteiger partial charge in [-0.1, -0.05) is 0 Å². The van der Waals surface area contributed by atoms with Crippen LogP contribution in [0.4, 0.5) is 0 Å². The number of nitrogens with zero attached hydrogens (tertiary/aromatic N) is 2. The summed E-state index contributed by atoms with van der Waals surface area (Å²) in [7, 11) is 1.98. The highest BCUT2D eigenvalue weighted by Gasteiger charge is 2.36. The Morgan fingerprint density at radius 1 is 1.29 bits per heavy atom. The molecule has 0 radical (unpaired) electrons. The number of nitrogens with one attached hydrogen (secondary N) is 1. The lowest BCUT2D eigenvalue weighted by molar-refractivity contribution is -0.143. The van der Waals surface area contributed by atoms with E-state index < -0.39 is 0 Å². The lowest BCUT2D eigenvalue weighted by atomic mass is 9.93. The fourth-order valence-electron chi connectivity index (χ4n) is 2.96. The molecule has 5 nitrogen and oxygen atoms in total. The van der Waals surface area contributed by atoms with E-state index in [0.717, 1.165) is 44.1 Å². The Morgan fingerprint density at radius 2 is 1.95 bits per heavy atom. The van der Waals surface area contributed by atoms with E-state index in [1.807, 2.05) is 11.9 Å². The molecule has 2 amide bonds. The Balaban J connectivity index is 0.00000220. The molecule has 2 aliphatic rings. The summed E-state index contributed by atoms with van der Waals surface area (Å²) in [6.45, 7) is 4.30. The normalized spacial score (nSPS) is 23.0. The number of likely N-dealkylation sites (tertiary alicyclic amines) is 1. The van der Waals surface area contributed by atoms with Crippen molar-refractivity contribution in [2.24, 2.45) is 5.92 Å². The standard InChI is InChI=1S/C14H25N3O2S.ClH/c1-11(18)17-10-20-9-13(17)14(19)16-7-4-12(5-8-16)3-6-15-2;/h12-13,15H,3-10H2,1-2H3;1H. The van der Waals surface area contributed by atoms with Crippen LogP contribution in [0.5, 0.6) is 0 Å². The second kappa shape index (κ2) is 8.86. The largest absolute Gasteiger partial charge is 0.341 e. The van der Waals surface area contributed by atoms with E-state index in [4.69, 9.17) is 0 Å². The van der Waals surface area contributed by atoms with Gasteiger partial charge in [0.05, 0.1) is 5.88 Å². The van der Waals surface area contributed by atoms with Crippen molar-refractivity contribution in [2.75, 3.05) is 38.3 Å². The van der Waals surface area contributed by atoms with Gasteiger partial charge in [0.2, 0.25) is 11.8 Å². The van der Waals surface area contributed by atoms with Crippen molar-refractivity contribution >= 4 is 36.0 Å². The molecule has 2 aliphatic heterocycles. The molecule has 0 spiro atoms. The summed E-state index contributed by atoms with van der Waals surface area (Å²) in [6.07, 6.45) is 3.37. The van der Waals surface area contributed by atoms with Crippen molar-refractivity contribution in [3.8, 4) is 0 Å². The van der Waals surface area contributed by atoms with Gasteiger partial charge in [-0.3, -0.25) is 9.59 Å². The molecule has 2 fully saturated rings. The molecule has 2 saturated heterocycles. The average Bonchev–Trinajstić information content (AvgIpc) is 2.94. The fourth-order valence-corrected chi connectivity index (χ4v) is 4.17. The van der Waals surface area contributed by atoms with Crippen LogP contribution in [0.25, 0.3) is 0 Å². The zero-order valence-corrected chi connectivity index (χ0v) is 14.5. The van der Waals surface area contributed by atoms with Crippen LogP contribution >= 0.6 is 24.2 Å². The lowest BCUT2D eigenvalue weighted by Crippen LogP contribution is -2.50. The first-order valence-corrected chi connectivity index (χ1v) is 8.57. The lowest BCUT2D eigenvalue weighted by Gasteiger charge is -2.35. The summed E-state index contributed by atoms with van der Waals surface area (Å²) in [4.78, 5) is 27.8. The van der Waals surface area contributed by atoms with E-state index in [1.54, 1.807) is 23.6 Å². The van der Waals surface area contributed by atoms with Crippen LogP contribution in [0.1, 0.15) is 26.2 Å². The monoisotopic (exact) mass is 335 g/mol. The van der Waals surface area contributed by atoms with Gasteiger partial charge in [-0.25, -0.2) is 0 Å². The first-order valence-electron chi connectivity index (χ1n) is 7.41. The summed E-state index contributed by atoms with van der Waals surface area (Å²) in [5.74, 6) is 2.30. The van der Waals surface area contributed by atoms with Crippen LogP contribution in [0.3, 0.4) is 0 Å². The van der Waals surface area contributed by atoms with Crippen LogP contribution in [-0.2, 0) is 9.59 Å². The van der Waals surface area contributed by atoms with Crippen molar-refractivity contribution in [3.63, 3.8) is 0 Å². The molecule has 2 heterocycles. The molecule has 0 saturated carbocycles. The Hall–Kier alpha value is -0.460. The summed E-state index contributed by atoms with van der Waals surface area (Å²) < 4.78 is 0. The molecular weight excluding hydrogens is 310 g/mol. The molecule has 0 aromatic carbocycles. The van der Waals surface area contributed by atoms with Crippen molar-refractivity contribution in [3.05, 3.63) is 0 Å². The van der Waals surface area contributed by atoms with Crippen molar-refractivity contribution in [1.82, 2.24) is 15.1 Å². The van der Waals surface area contributed by atoms with Gasteiger partial charge in [-0.2, -0.15) is 0 Å². The molecule has 0 aromatic rings. The average molecular weight is 336 g/mol. The van der Waals surface area contributed by atoms with Gasteiger partial charge in [0.15, 0.2) is 0 Å². The molecule has 2 rings (SSSR count). The number of piperidine rings is 1. The van der Waals surface area contributed by atoms with E-state index >= 15 is 0 Å². The third-order valence-corrected chi connectivity index (χ3v) is 5.31. The predicted octanol–water partition coefficient (Wildman–Crippen LogP) is 1.18. The quantitative estimate of drug-likeness (QED) is 0.838. The third-order valence-electron chi connectivity index (χ3n) is 4.30. The third kappa shape index (κ3) is 4.76. The first kappa shape index (κ1) is 18.6. The maximum atomic E-state index is 12.5. The minimum absolute atomic E-state index is 0. The molecule has 21 heavy (non-hydrogen) atoms. The molecule has 0 aromatic heterocycles. The highest BCUT2D eigenvalue weighted by Crippen LogP contribution is 2.25. The summed E-state index contributed by atoms with van der Waals surface area (Å²) in [6, 6.07) is -0.230. The number of hydrogen-bond acceptors (Lipinski definition) is 4. The predicted molar refractivity (Wildman–Crippen MR) is 88.7 cm³/mol. The molecular formula is C14H26ClN3O2S. The van der Waals surface area contributed by atoms with Gasteiger partial charge in [-0.05, 0) is 38.8 Å². The second-order valence-corrected chi connectivity index (χ2v) is 6.67. The number of carbonyl (C=O) groups excluding carboxylic acids is 2.